The van der Waals surface area contributed by atoms with Gasteiger partial charge in [-0.3, -0.25) is 4.79 Å². The maximum atomic E-state index is 13.2. The SMILES string of the molecule is O=C(O)C1(Cc2cc(F)cc(F)c2)CCCCCC1. The predicted molar refractivity (Wildman–Crippen MR) is 67.8 cm³/mol. The minimum absolute atomic E-state index is 0.205. The highest BCUT2D eigenvalue weighted by Crippen LogP contribution is 2.38. The van der Waals surface area contributed by atoms with Gasteiger partial charge >= 0.3 is 5.97 Å². The first-order valence-corrected chi connectivity index (χ1v) is 6.70. The quantitative estimate of drug-likeness (QED) is 0.843. The van der Waals surface area contributed by atoms with Crippen molar-refractivity contribution in [2.24, 2.45) is 5.41 Å². The van der Waals surface area contributed by atoms with Crippen molar-refractivity contribution in [3.63, 3.8) is 0 Å². The molecule has 0 saturated heterocycles. The summed E-state index contributed by atoms with van der Waals surface area (Å²) >= 11 is 0. The van der Waals surface area contributed by atoms with Gasteiger partial charge in [-0.1, -0.05) is 25.7 Å². The lowest BCUT2D eigenvalue weighted by Crippen LogP contribution is -2.33. The van der Waals surface area contributed by atoms with Gasteiger partial charge in [-0.15, -0.1) is 0 Å². The van der Waals surface area contributed by atoms with Crippen LogP contribution in [0.4, 0.5) is 8.78 Å². The summed E-state index contributed by atoms with van der Waals surface area (Å²) in [5.41, 5.74) is -0.432. The lowest BCUT2D eigenvalue weighted by Gasteiger charge is -2.28. The molecule has 1 aliphatic carbocycles. The van der Waals surface area contributed by atoms with Gasteiger partial charge in [0.1, 0.15) is 11.6 Å². The van der Waals surface area contributed by atoms with Crippen LogP contribution in [0, 0.1) is 17.0 Å². The Kier molecular flexibility index (Phi) is 4.17. The molecule has 0 bridgehead atoms. The van der Waals surface area contributed by atoms with Crippen molar-refractivity contribution in [1.82, 2.24) is 0 Å². The molecule has 1 aromatic carbocycles. The fourth-order valence-corrected chi connectivity index (χ4v) is 2.98. The summed E-state index contributed by atoms with van der Waals surface area (Å²) in [6.45, 7) is 0. The van der Waals surface area contributed by atoms with Crippen molar-refractivity contribution in [3.05, 3.63) is 35.4 Å². The van der Waals surface area contributed by atoms with Crippen LogP contribution < -0.4 is 0 Å². The Hall–Kier alpha value is -1.45. The van der Waals surface area contributed by atoms with Crippen LogP contribution in [-0.4, -0.2) is 11.1 Å². The van der Waals surface area contributed by atoms with Gasteiger partial charge in [0.25, 0.3) is 0 Å². The summed E-state index contributed by atoms with van der Waals surface area (Å²) < 4.78 is 26.4. The topological polar surface area (TPSA) is 37.3 Å². The van der Waals surface area contributed by atoms with E-state index in [0.29, 0.717) is 18.4 Å². The van der Waals surface area contributed by atoms with Crippen LogP contribution in [0.25, 0.3) is 0 Å². The summed E-state index contributed by atoms with van der Waals surface area (Å²) in [5, 5.41) is 9.53. The summed E-state index contributed by atoms with van der Waals surface area (Å²) in [5.74, 6) is -2.15. The van der Waals surface area contributed by atoms with Crippen LogP contribution in [0.2, 0.25) is 0 Å². The van der Waals surface area contributed by atoms with E-state index in [2.05, 4.69) is 0 Å². The molecule has 0 spiro atoms. The van der Waals surface area contributed by atoms with Gasteiger partial charge in [0, 0.05) is 6.07 Å². The summed E-state index contributed by atoms with van der Waals surface area (Å²) in [7, 11) is 0. The highest BCUT2D eigenvalue weighted by atomic mass is 19.1. The molecule has 0 heterocycles. The number of halogens is 2. The minimum atomic E-state index is -0.864. The molecule has 2 rings (SSSR count). The van der Waals surface area contributed by atoms with Gasteiger partial charge in [-0.25, -0.2) is 8.78 Å². The zero-order valence-electron chi connectivity index (χ0n) is 10.8. The fraction of sp³-hybridized carbons (Fsp3) is 0.533. The van der Waals surface area contributed by atoms with Gasteiger partial charge < -0.3 is 5.11 Å². The number of carbonyl (C=O) groups is 1. The van der Waals surface area contributed by atoms with Crippen molar-refractivity contribution in [2.45, 2.75) is 44.9 Å². The van der Waals surface area contributed by atoms with E-state index < -0.39 is 23.0 Å². The molecule has 1 aromatic rings. The van der Waals surface area contributed by atoms with Crippen molar-refractivity contribution in [2.75, 3.05) is 0 Å². The van der Waals surface area contributed by atoms with Crippen LogP contribution in [0.5, 0.6) is 0 Å². The lowest BCUT2D eigenvalue weighted by molar-refractivity contribution is -0.149. The second kappa shape index (κ2) is 5.68. The van der Waals surface area contributed by atoms with Crippen LogP contribution in [0.15, 0.2) is 18.2 Å². The second-order valence-electron chi connectivity index (χ2n) is 5.45. The van der Waals surface area contributed by atoms with E-state index in [0.717, 1.165) is 31.7 Å². The molecular weight excluding hydrogens is 250 g/mol. The Bertz CT molecular complexity index is 443. The van der Waals surface area contributed by atoms with Gasteiger partial charge in [-0.05, 0) is 37.0 Å². The number of aliphatic carboxylic acids is 1. The van der Waals surface area contributed by atoms with Gasteiger partial charge in [0.15, 0.2) is 0 Å². The molecule has 0 radical (unpaired) electrons. The van der Waals surface area contributed by atoms with E-state index in [1.165, 1.54) is 12.1 Å². The number of benzene rings is 1. The third-order valence-corrected chi connectivity index (χ3v) is 3.98. The molecular formula is C15H18F2O2. The number of hydrogen-bond donors (Lipinski definition) is 1. The molecule has 19 heavy (non-hydrogen) atoms. The average molecular weight is 268 g/mol. The standard InChI is InChI=1S/C15H18F2O2/c16-12-7-11(8-13(17)9-12)10-15(14(18)19)5-3-1-2-4-6-15/h7-9H,1-6,10H2,(H,18,19). The molecule has 0 aliphatic heterocycles. The second-order valence-corrected chi connectivity index (χ2v) is 5.45. The molecule has 1 aliphatic rings. The summed E-state index contributed by atoms with van der Waals surface area (Å²) in [4.78, 5) is 11.6. The number of hydrogen-bond acceptors (Lipinski definition) is 1. The third kappa shape index (κ3) is 3.31. The van der Waals surface area contributed by atoms with E-state index in [1.807, 2.05) is 0 Å². The first kappa shape index (κ1) is 14.0. The zero-order chi connectivity index (χ0) is 13.9. The van der Waals surface area contributed by atoms with Gasteiger partial charge in [-0.2, -0.15) is 0 Å². The highest BCUT2D eigenvalue weighted by Gasteiger charge is 2.38. The fourth-order valence-electron chi connectivity index (χ4n) is 2.98. The number of rotatable bonds is 3. The van der Waals surface area contributed by atoms with E-state index in [4.69, 9.17) is 0 Å². The Labute approximate surface area is 111 Å². The monoisotopic (exact) mass is 268 g/mol. The largest absolute Gasteiger partial charge is 0.481 e. The Morgan fingerprint density at radius 3 is 2.05 bits per heavy atom. The van der Waals surface area contributed by atoms with Crippen molar-refractivity contribution >= 4 is 5.97 Å². The van der Waals surface area contributed by atoms with Crippen LogP contribution in [0.1, 0.15) is 44.1 Å². The van der Waals surface area contributed by atoms with E-state index in [9.17, 15) is 18.7 Å². The smallest absolute Gasteiger partial charge is 0.309 e. The molecule has 0 amide bonds. The summed E-state index contributed by atoms with van der Waals surface area (Å²) in [6, 6.07) is 3.28. The van der Waals surface area contributed by atoms with E-state index >= 15 is 0 Å². The third-order valence-electron chi connectivity index (χ3n) is 3.98. The van der Waals surface area contributed by atoms with Crippen molar-refractivity contribution in [1.29, 1.82) is 0 Å². The normalized spacial score (nSPS) is 18.8. The molecule has 1 fully saturated rings. The van der Waals surface area contributed by atoms with E-state index in [1.54, 1.807) is 0 Å². The predicted octanol–water partition coefficient (Wildman–Crippen LogP) is 3.93. The van der Waals surface area contributed by atoms with Crippen molar-refractivity contribution in [3.8, 4) is 0 Å². The van der Waals surface area contributed by atoms with Gasteiger partial charge in [0.2, 0.25) is 0 Å². The number of carboxylic acid groups (broad SMARTS) is 1. The molecule has 0 unspecified atom stereocenters. The maximum absolute atomic E-state index is 13.2. The maximum Gasteiger partial charge on any atom is 0.309 e. The Morgan fingerprint density at radius 1 is 1.05 bits per heavy atom. The first-order chi connectivity index (χ1) is 9.02. The van der Waals surface area contributed by atoms with Crippen LogP contribution in [0.3, 0.4) is 0 Å². The molecule has 1 N–H and O–H groups in total. The van der Waals surface area contributed by atoms with Crippen molar-refractivity contribution < 1.29 is 18.7 Å². The number of carboxylic acids is 1. The minimum Gasteiger partial charge on any atom is -0.481 e. The van der Waals surface area contributed by atoms with E-state index in [-0.39, 0.29) is 6.42 Å². The molecule has 4 heteroatoms. The Morgan fingerprint density at radius 2 is 1.58 bits per heavy atom. The lowest BCUT2D eigenvalue weighted by atomic mass is 9.75. The average Bonchev–Trinajstić information content (AvgIpc) is 2.54. The molecule has 0 aromatic heterocycles. The van der Waals surface area contributed by atoms with Gasteiger partial charge in [0.05, 0.1) is 5.41 Å². The molecule has 0 atom stereocenters. The first-order valence-electron chi connectivity index (χ1n) is 6.70. The summed E-state index contributed by atoms with van der Waals surface area (Å²) in [6.07, 6.45) is 5.17. The highest BCUT2D eigenvalue weighted by molar-refractivity contribution is 5.75. The van der Waals surface area contributed by atoms with Crippen LogP contribution in [-0.2, 0) is 11.2 Å². The molecule has 2 nitrogen and oxygen atoms in total. The zero-order valence-corrected chi connectivity index (χ0v) is 10.8. The Balaban J connectivity index is 2.27. The molecule has 1 saturated carbocycles. The van der Waals surface area contributed by atoms with Crippen LogP contribution >= 0.6 is 0 Å². The molecule has 104 valence electrons.